The minimum absolute atomic E-state index is 0.116. The largest absolute Gasteiger partial charge is 0.497 e. The molecule has 2 aromatic rings. The number of halogens is 3. The lowest BCUT2D eigenvalue weighted by atomic mass is 10.2. The Labute approximate surface area is 165 Å². The van der Waals surface area contributed by atoms with E-state index in [1.807, 2.05) is 0 Å². The topological polar surface area (TPSA) is 76.7 Å². The summed E-state index contributed by atoms with van der Waals surface area (Å²) in [6.45, 7) is 0. The van der Waals surface area contributed by atoms with Crippen molar-refractivity contribution in [3.05, 3.63) is 60.3 Å². The smallest absolute Gasteiger partial charge is 0.431 e. The van der Waals surface area contributed by atoms with Gasteiger partial charge >= 0.3 is 6.18 Å². The van der Waals surface area contributed by atoms with E-state index in [0.29, 0.717) is 23.3 Å². The Morgan fingerprint density at radius 3 is 1.72 bits per heavy atom. The highest BCUT2D eigenvalue weighted by Crippen LogP contribution is 2.28. The van der Waals surface area contributed by atoms with Crippen molar-refractivity contribution in [1.82, 2.24) is 0 Å². The first-order valence-corrected chi connectivity index (χ1v) is 8.38. The third kappa shape index (κ3) is 6.87. The molecule has 0 saturated heterocycles. The number of allylic oxidation sites excluding steroid dienone is 2. The van der Waals surface area contributed by atoms with Crippen LogP contribution in [-0.2, 0) is 9.59 Å². The zero-order valence-electron chi connectivity index (χ0n) is 15.7. The molecule has 0 unspecified atom stereocenters. The van der Waals surface area contributed by atoms with Gasteiger partial charge < -0.3 is 20.1 Å². The van der Waals surface area contributed by atoms with Crippen molar-refractivity contribution in [1.29, 1.82) is 0 Å². The lowest BCUT2D eigenvalue weighted by molar-refractivity contribution is -0.123. The molecule has 0 aliphatic heterocycles. The van der Waals surface area contributed by atoms with Crippen LogP contribution in [0, 0.1) is 0 Å². The average molecular weight is 408 g/mol. The molecule has 0 spiro atoms. The summed E-state index contributed by atoms with van der Waals surface area (Å²) in [5, 5.41) is 4.59. The zero-order valence-corrected chi connectivity index (χ0v) is 15.7. The first-order chi connectivity index (χ1) is 13.7. The Kier molecular flexibility index (Phi) is 7.24. The van der Waals surface area contributed by atoms with E-state index in [1.165, 1.54) is 38.5 Å². The molecule has 2 N–H and O–H groups in total. The van der Waals surface area contributed by atoms with Gasteiger partial charge in [0.1, 0.15) is 17.2 Å². The van der Waals surface area contributed by atoms with Gasteiger partial charge in [0.25, 0.3) is 0 Å². The maximum absolute atomic E-state index is 13.2. The highest BCUT2D eigenvalue weighted by molar-refractivity contribution is 6.08. The van der Waals surface area contributed by atoms with Crippen molar-refractivity contribution in [2.24, 2.45) is 0 Å². The van der Waals surface area contributed by atoms with Crippen molar-refractivity contribution in [3.8, 4) is 11.5 Å². The predicted molar refractivity (Wildman–Crippen MR) is 102 cm³/mol. The number of ketones is 1. The second kappa shape index (κ2) is 9.63. The van der Waals surface area contributed by atoms with Crippen molar-refractivity contribution in [2.45, 2.75) is 12.6 Å². The molecule has 1 amide bonds. The molecule has 29 heavy (non-hydrogen) atoms. The Balaban J connectivity index is 2.04. The summed E-state index contributed by atoms with van der Waals surface area (Å²) in [7, 11) is 2.91. The fraction of sp³-hybridized carbons (Fsp3) is 0.200. The quantitative estimate of drug-likeness (QED) is 0.507. The fourth-order valence-corrected chi connectivity index (χ4v) is 2.27. The van der Waals surface area contributed by atoms with E-state index in [-0.39, 0.29) is 5.69 Å². The zero-order chi connectivity index (χ0) is 21.4. The van der Waals surface area contributed by atoms with Crippen LogP contribution in [-0.4, -0.2) is 32.1 Å². The van der Waals surface area contributed by atoms with Gasteiger partial charge in [-0.1, -0.05) is 0 Å². The summed E-state index contributed by atoms with van der Waals surface area (Å²) < 4.78 is 49.7. The molecule has 2 aromatic carbocycles. The SMILES string of the molecule is COc1ccc(NC(=O)CC(=O)/C=C(\Nc2ccc(OC)cc2)C(F)(F)F)cc1. The summed E-state index contributed by atoms with van der Waals surface area (Å²) in [5.41, 5.74) is -0.769. The summed E-state index contributed by atoms with van der Waals surface area (Å²) in [6.07, 6.45) is -5.17. The molecular weight excluding hydrogens is 389 g/mol. The molecule has 0 bridgehead atoms. The van der Waals surface area contributed by atoms with Gasteiger partial charge in [-0.15, -0.1) is 0 Å². The lowest BCUT2D eigenvalue weighted by Gasteiger charge is -2.14. The van der Waals surface area contributed by atoms with Crippen LogP contribution in [0.2, 0.25) is 0 Å². The van der Waals surface area contributed by atoms with Crippen LogP contribution in [0.4, 0.5) is 24.5 Å². The number of anilines is 2. The highest BCUT2D eigenvalue weighted by Gasteiger charge is 2.34. The molecule has 0 aliphatic rings. The third-order valence-electron chi connectivity index (χ3n) is 3.69. The van der Waals surface area contributed by atoms with E-state index in [4.69, 9.17) is 9.47 Å². The highest BCUT2D eigenvalue weighted by atomic mass is 19.4. The van der Waals surface area contributed by atoms with Crippen LogP contribution < -0.4 is 20.1 Å². The van der Waals surface area contributed by atoms with Crippen molar-refractivity contribution in [3.63, 3.8) is 0 Å². The molecule has 0 heterocycles. The minimum Gasteiger partial charge on any atom is -0.497 e. The normalized spacial score (nSPS) is 11.6. The van der Waals surface area contributed by atoms with Crippen LogP contribution in [0.3, 0.4) is 0 Å². The average Bonchev–Trinajstić information content (AvgIpc) is 2.67. The summed E-state index contributed by atoms with van der Waals surface area (Å²) >= 11 is 0. The number of benzene rings is 2. The third-order valence-corrected chi connectivity index (χ3v) is 3.69. The number of ether oxygens (including phenoxy) is 2. The number of amides is 1. The summed E-state index contributed by atoms with van der Waals surface area (Å²) in [4.78, 5) is 23.9. The molecule has 0 aromatic heterocycles. The van der Waals surface area contributed by atoms with E-state index < -0.39 is 30.0 Å². The lowest BCUT2D eigenvalue weighted by Crippen LogP contribution is -2.22. The maximum atomic E-state index is 13.2. The molecule has 0 radical (unpaired) electrons. The van der Waals surface area contributed by atoms with Gasteiger partial charge in [-0.05, 0) is 48.5 Å². The minimum atomic E-state index is -4.80. The molecule has 0 fully saturated rings. The molecule has 0 aliphatic carbocycles. The molecule has 0 atom stereocenters. The van der Waals surface area contributed by atoms with Crippen LogP contribution in [0.25, 0.3) is 0 Å². The fourth-order valence-electron chi connectivity index (χ4n) is 2.27. The number of methoxy groups -OCH3 is 2. The van der Waals surface area contributed by atoms with Gasteiger partial charge in [0, 0.05) is 17.5 Å². The Hall–Kier alpha value is -3.49. The van der Waals surface area contributed by atoms with Crippen molar-refractivity contribution < 1.29 is 32.2 Å². The van der Waals surface area contributed by atoms with Gasteiger partial charge in [-0.25, -0.2) is 0 Å². The molecule has 154 valence electrons. The second-order valence-electron chi connectivity index (χ2n) is 5.83. The van der Waals surface area contributed by atoms with Crippen molar-refractivity contribution in [2.75, 3.05) is 24.9 Å². The number of nitrogens with one attached hydrogen (secondary N) is 2. The van der Waals surface area contributed by atoms with E-state index in [1.54, 1.807) is 24.3 Å². The second-order valence-corrected chi connectivity index (χ2v) is 5.83. The van der Waals surface area contributed by atoms with Gasteiger partial charge in [0.05, 0.1) is 20.6 Å². The number of hydrogen-bond donors (Lipinski definition) is 2. The summed E-state index contributed by atoms with van der Waals surface area (Å²) in [6, 6.07) is 12.0. The first-order valence-electron chi connectivity index (χ1n) is 8.38. The van der Waals surface area contributed by atoms with E-state index in [0.717, 1.165) is 0 Å². The molecular formula is C20H19F3N2O4. The van der Waals surface area contributed by atoms with E-state index in [9.17, 15) is 22.8 Å². The Morgan fingerprint density at radius 2 is 1.31 bits per heavy atom. The number of carbonyl (C=O) groups is 2. The molecule has 6 nitrogen and oxygen atoms in total. The van der Waals surface area contributed by atoms with Gasteiger partial charge in [0.15, 0.2) is 5.78 Å². The Morgan fingerprint density at radius 1 is 0.862 bits per heavy atom. The molecule has 0 saturated carbocycles. The van der Waals surface area contributed by atoms with Crippen LogP contribution in [0.5, 0.6) is 11.5 Å². The predicted octanol–water partition coefficient (Wildman–Crippen LogP) is 4.16. The standard InChI is InChI=1S/C20H19F3N2O4/c1-28-16-7-3-13(4-8-16)24-18(20(21,22)23)11-15(26)12-19(27)25-14-5-9-17(29-2)10-6-14/h3-11,24H,12H2,1-2H3,(H,25,27)/b18-11-. The van der Waals surface area contributed by atoms with E-state index in [2.05, 4.69) is 10.6 Å². The van der Waals surface area contributed by atoms with Crippen LogP contribution in [0.1, 0.15) is 6.42 Å². The number of alkyl halides is 3. The van der Waals surface area contributed by atoms with Crippen LogP contribution >= 0.6 is 0 Å². The number of rotatable bonds is 8. The van der Waals surface area contributed by atoms with Gasteiger partial charge in [-0.2, -0.15) is 13.2 Å². The van der Waals surface area contributed by atoms with Gasteiger partial charge in [0.2, 0.25) is 5.91 Å². The molecule has 2 rings (SSSR count). The first kappa shape index (κ1) is 21.8. The summed E-state index contributed by atoms with van der Waals surface area (Å²) in [5.74, 6) is -0.687. The Bertz CT molecular complexity index is 876. The van der Waals surface area contributed by atoms with Crippen molar-refractivity contribution >= 4 is 23.1 Å². The van der Waals surface area contributed by atoms with E-state index >= 15 is 0 Å². The van der Waals surface area contributed by atoms with Gasteiger partial charge in [-0.3, -0.25) is 9.59 Å². The maximum Gasteiger partial charge on any atom is 0.431 e. The monoisotopic (exact) mass is 408 g/mol. The number of hydrogen-bond acceptors (Lipinski definition) is 5. The molecule has 9 heteroatoms. The number of carbonyl (C=O) groups excluding carboxylic acids is 2. The van der Waals surface area contributed by atoms with Crippen LogP contribution in [0.15, 0.2) is 60.3 Å².